The van der Waals surface area contributed by atoms with Gasteiger partial charge in [0.15, 0.2) is 5.65 Å². The third-order valence-corrected chi connectivity index (χ3v) is 7.33. The molecule has 3 fully saturated rings. The number of hydrogen-bond acceptors (Lipinski definition) is 7. The van der Waals surface area contributed by atoms with Gasteiger partial charge in [-0.05, 0) is 49.7 Å². The van der Waals surface area contributed by atoms with Gasteiger partial charge in [0.1, 0.15) is 17.9 Å². The van der Waals surface area contributed by atoms with Gasteiger partial charge in [0.25, 0.3) is 0 Å². The predicted molar refractivity (Wildman–Crippen MR) is 102 cm³/mol. The van der Waals surface area contributed by atoms with Crippen LogP contribution in [-0.4, -0.2) is 64.3 Å². The highest BCUT2D eigenvalue weighted by Gasteiger charge is 2.51. The number of benzene rings is 1. The zero-order chi connectivity index (χ0) is 19.3. The topological polar surface area (TPSA) is 92.9 Å². The van der Waals surface area contributed by atoms with E-state index in [0.29, 0.717) is 36.0 Å². The largest absolute Gasteiger partial charge is 0.494 e. The first kappa shape index (κ1) is 17.4. The second-order valence-electron chi connectivity index (χ2n) is 7.01. The van der Waals surface area contributed by atoms with Crippen LogP contribution in [0.3, 0.4) is 0 Å². The number of aromatic nitrogens is 4. The van der Waals surface area contributed by atoms with E-state index in [4.69, 9.17) is 4.74 Å². The van der Waals surface area contributed by atoms with E-state index in [1.807, 2.05) is 19.1 Å². The van der Waals surface area contributed by atoms with Crippen molar-refractivity contribution < 1.29 is 13.2 Å². The number of sulfonamides is 1. The fourth-order valence-electron chi connectivity index (χ4n) is 4.04. The second kappa shape index (κ2) is 6.42. The molecular weight excluding hydrogens is 380 g/mol. The van der Waals surface area contributed by atoms with E-state index < -0.39 is 10.0 Å². The molecule has 0 aliphatic carbocycles. The molecule has 9 nitrogen and oxygen atoms in total. The first-order chi connectivity index (χ1) is 13.6. The molecule has 2 bridgehead atoms. The van der Waals surface area contributed by atoms with Crippen LogP contribution in [0.15, 0.2) is 47.6 Å². The highest BCUT2D eigenvalue weighted by atomic mass is 32.2. The van der Waals surface area contributed by atoms with Crippen molar-refractivity contribution in [3.63, 3.8) is 0 Å². The molecule has 0 N–H and O–H groups in total. The first-order valence-electron chi connectivity index (χ1n) is 9.24. The lowest BCUT2D eigenvalue weighted by Crippen LogP contribution is -2.70. The molecule has 2 atom stereocenters. The van der Waals surface area contributed by atoms with E-state index in [9.17, 15) is 8.42 Å². The van der Waals surface area contributed by atoms with Crippen LogP contribution in [0.25, 0.3) is 5.65 Å². The lowest BCUT2D eigenvalue weighted by molar-refractivity contribution is 0.0873. The van der Waals surface area contributed by atoms with Crippen LogP contribution in [0.5, 0.6) is 5.75 Å². The van der Waals surface area contributed by atoms with Gasteiger partial charge >= 0.3 is 0 Å². The smallest absolute Gasteiger partial charge is 0.243 e. The molecule has 28 heavy (non-hydrogen) atoms. The van der Waals surface area contributed by atoms with Crippen LogP contribution in [0.2, 0.25) is 0 Å². The van der Waals surface area contributed by atoms with E-state index in [1.165, 1.54) is 0 Å². The number of rotatable bonds is 5. The van der Waals surface area contributed by atoms with Crippen molar-refractivity contribution in [2.75, 3.05) is 24.6 Å². The monoisotopic (exact) mass is 400 g/mol. The Morgan fingerprint density at radius 1 is 1.11 bits per heavy atom. The van der Waals surface area contributed by atoms with Crippen LogP contribution < -0.4 is 9.64 Å². The number of fused-ring (bicyclic) bond motifs is 3. The molecule has 0 amide bonds. The van der Waals surface area contributed by atoms with Crippen molar-refractivity contribution >= 4 is 21.5 Å². The highest BCUT2D eigenvalue weighted by molar-refractivity contribution is 7.89. The average Bonchev–Trinajstić information content (AvgIpc) is 3.16. The minimum atomic E-state index is -3.52. The Morgan fingerprint density at radius 3 is 2.57 bits per heavy atom. The number of nitrogens with zero attached hydrogens (tertiary/aromatic N) is 6. The van der Waals surface area contributed by atoms with E-state index in [2.05, 4.69) is 20.2 Å². The average molecular weight is 400 g/mol. The van der Waals surface area contributed by atoms with Gasteiger partial charge in [-0.1, -0.05) is 0 Å². The maximum Gasteiger partial charge on any atom is 0.243 e. The van der Waals surface area contributed by atoms with Gasteiger partial charge in [-0.25, -0.2) is 8.42 Å². The van der Waals surface area contributed by atoms with Crippen molar-refractivity contribution in [3.05, 3.63) is 42.7 Å². The zero-order valence-corrected chi connectivity index (χ0v) is 16.2. The predicted octanol–water partition coefficient (Wildman–Crippen LogP) is 1.17. The van der Waals surface area contributed by atoms with Gasteiger partial charge < -0.3 is 9.64 Å². The van der Waals surface area contributed by atoms with Crippen molar-refractivity contribution in [1.82, 2.24) is 24.1 Å². The van der Waals surface area contributed by atoms with E-state index in [-0.39, 0.29) is 12.1 Å². The Kier molecular flexibility index (Phi) is 3.98. The molecule has 2 aromatic heterocycles. The summed E-state index contributed by atoms with van der Waals surface area (Å²) >= 11 is 0. The summed E-state index contributed by atoms with van der Waals surface area (Å²) in [5.74, 6) is 1.48. The molecule has 3 aliphatic heterocycles. The fraction of sp³-hybridized carbons (Fsp3) is 0.389. The summed E-state index contributed by atoms with van der Waals surface area (Å²) in [5.41, 5.74) is 0.686. The van der Waals surface area contributed by atoms with Crippen LogP contribution in [-0.2, 0) is 10.0 Å². The SMILES string of the molecule is CCOc1ccc(S(=O)(=O)N2C3CC2CN(c2ccc4nncn4n2)C3)cc1. The summed E-state index contributed by atoms with van der Waals surface area (Å²) in [6, 6.07) is 10.3. The lowest BCUT2D eigenvalue weighted by Gasteiger charge is -2.55. The van der Waals surface area contributed by atoms with E-state index >= 15 is 0 Å². The highest BCUT2D eigenvalue weighted by Crippen LogP contribution is 2.38. The van der Waals surface area contributed by atoms with Crippen molar-refractivity contribution in [2.45, 2.75) is 30.3 Å². The summed E-state index contributed by atoms with van der Waals surface area (Å²) in [6.45, 7) is 3.68. The Bertz CT molecular complexity index is 1100. The lowest BCUT2D eigenvalue weighted by atomic mass is 9.91. The van der Waals surface area contributed by atoms with Gasteiger partial charge in [-0.15, -0.1) is 15.3 Å². The number of piperazine rings is 1. The molecule has 2 unspecified atom stereocenters. The molecule has 0 radical (unpaired) electrons. The second-order valence-corrected chi connectivity index (χ2v) is 8.86. The summed E-state index contributed by atoms with van der Waals surface area (Å²) in [7, 11) is -3.52. The van der Waals surface area contributed by atoms with Crippen molar-refractivity contribution in [1.29, 1.82) is 0 Å². The Labute approximate surface area is 162 Å². The fourth-order valence-corrected chi connectivity index (χ4v) is 5.85. The van der Waals surface area contributed by atoms with Gasteiger partial charge in [-0.3, -0.25) is 0 Å². The molecule has 1 aromatic carbocycles. The summed E-state index contributed by atoms with van der Waals surface area (Å²) in [4.78, 5) is 2.44. The summed E-state index contributed by atoms with van der Waals surface area (Å²) < 4.78 is 34.9. The van der Waals surface area contributed by atoms with Crippen LogP contribution in [0, 0.1) is 0 Å². The standard InChI is InChI=1S/C18H20N6O3S/c1-2-27-15-3-5-16(6-4-15)28(25,26)24-13-9-14(24)11-22(10-13)18-8-7-17-20-19-12-23(17)21-18/h3-8,12-14H,2,9-11H2,1H3. The van der Waals surface area contributed by atoms with Crippen LogP contribution in [0.4, 0.5) is 5.82 Å². The molecule has 10 heteroatoms. The number of ether oxygens (including phenoxy) is 1. The van der Waals surface area contributed by atoms with E-state index in [1.54, 1.807) is 39.4 Å². The van der Waals surface area contributed by atoms with Crippen molar-refractivity contribution in [2.24, 2.45) is 0 Å². The van der Waals surface area contributed by atoms with Crippen molar-refractivity contribution in [3.8, 4) is 5.75 Å². The maximum absolute atomic E-state index is 13.1. The van der Waals surface area contributed by atoms with E-state index in [0.717, 1.165) is 12.2 Å². The number of piperidine rings is 1. The molecule has 3 saturated heterocycles. The molecule has 3 aromatic rings. The molecule has 0 spiro atoms. The third-order valence-electron chi connectivity index (χ3n) is 5.31. The molecule has 5 heterocycles. The molecule has 3 aliphatic rings. The van der Waals surface area contributed by atoms with Crippen LogP contribution >= 0.6 is 0 Å². The molecular formula is C18H20N6O3S. The molecule has 0 saturated carbocycles. The Balaban J connectivity index is 1.35. The minimum Gasteiger partial charge on any atom is -0.494 e. The van der Waals surface area contributed by atoms with Gasteiger partial charge in [0.05, 0.1) is 11.5 Å². The maximum atomic E-state index is 13.1. The third kappa shape index (κ3) is 2.71. The quantitative estimate of drug-likeness (QED) is 0.635. The molecule has 146 valence electrons. The van der Waals surface area contributed by atoms with Crippen LogP contribution in [0.1, 0.15) is 13.3 Å². The Morgan fingerprint density at radius 2 is 1.86 bits per heavy atom. The van der Waals surface area contributed by atoms with Gasteiger partial charge in [0.2, 0.25) is 10.0 Å². The number of anilines is 1. The van der Waals surface area contributed by atoms with Gasteiger partial charge in [0, 0.05) is 25.2 Å². The summed E-state index contributed by atoms with van der Waals surface area (Å²) in [5, 5.41) is 12.3. The summed E-state index contributed by atoms with van der Waals surface area (Å²) in [6.07, 6.45) is 2.44. The Hall–Kier alpha value is -2.72. The minimum absolute atomic E-state index is 0.0475. The van der Waals surface area contributed by atoms with Gasteiger partial charge in [-0.2, -0.15) is 8.82 Å². The zero-order valence-electron chi connectivity index (χ0n) is 15.3. The first-order valence-corrected chi connectivity index (χ1v) is 10.7. The number of hydrogen-bond donors (Lipinski definition) is 0. The normalized spacial score (nSPS) is 22.2. The molecule has 6 rings (SSSR count).